The summed E-state index contributed by atoms with van der Waals surface area (Å²) in [5.74, 6) is -0.170. The molecule has 0 fully saturated rings. The van der Waals surface area contributed by atoms with Gasteiger partial charge >= 0.3 is 0 Å². The Morgan fingerprint density at radius 2 is 1.76 bits per heavy atom. The maximum atomic E-state index is 12.2. The molecule has 0 saturated carbocycles. The van der Waals surface area contributed by atoms with Crippen molar-refractivity contribution < 1.29 is 4.79 Å². The molecule has 5 heteroatoms. The van der Waals surface area contributed by atoms with Crippen LogP contribution in [0.25, 0.3) is 10.4 Å². The van der Waals surface area contributed by atoms with Crippen LogP contribution in [0, 0.1) is 0 Å². The number of nitrogens with zero attached hydrogens (tertiary/aromatic N) is 1. The van der Waals surface area contributed by atoms with Crippen LogP contribution in [0.3, 0.4) is 0 Å². The maximum absolute atomic E-state index is 12.2. The van der Waals surface area contributed by atoms with Gasteiger partial charge in [0.05, 0.1) is 10.4 Å². The highest BCUT2D eigenvalue weighted by Gasteiger charge is 2.12. The second-order valence-electron chi connectivity index (χ2n) is 4.33. The molecule has 0 aliphatic carbocycles. The minimum atomic E-state index is -0.170. The van der Waals surface area contributed by atoms with Crippen molar-refractivity contribution in [1.29, 1.82) is 0 Å². The van der Waals surface area contributed by atoms with Crippen LogP contribution in [0.1, 0.15) is 10.4 Å². The van der Waals surface area contributed by atoms with Crippen molar-refractivity contribution in [2.45, 2.75) is 0 Å². The van der Waals surface area contributed by atoms with Crippen LogP contribution in [0.15, 0.2) is 65.3 Å². The van der Waals surface area contributed by atoms with E-state index in [2.05, 4.69) is 26.2 Å². The van der Waals surface area contributed by atoms with E-state index in [4.69, 9.17) is 0 Å². The third-order valence-electron chi connectivity index (χ3n) is 2.90. The van der Waals surface area contributed by atoms with E-state index in [1.807, 2.05) is 48.5 Å². The first-order valence-corrected chi connectivity index (χ1v) is 7.92. The van der Waals surface area contributed by atoms with Crippen LogP contribution in [-0.4, -0.2) is 10.9 Å². The van der Waals surface area contributed by atoms with E-state index in [0.717, 1.165) is 14.9 Å². The molecule has 104 valence electrons. The molecule has 0 aliphatic rings. The van der Waals surface area contributed by atoms with Crippen LogP contribution >= 0.6 is 27.3 Å². The van der Waals surface area contributed by atoms with E-state index >= 15 is 0 Å². The van der Waals surface area contributed by atoms with E-state index in [9.17, 15) is 4.79 Å². The first-order valence-electron chi connectivity index (χ1n) is 6.31. The molecule has 0 saturated heterocycles. The molecule has 0 radical (unpaired) electrons. The number of halogens is 1. The molecule has 0 atom stereocenters. The minimum absolute atomic E-state index is 0.170. The summed E-state index contributed by atoms with van der Waals surface area (Å²) in [5, 5.41) is 3.42. The van der Waals surface area contributed by atoms with Gasteiger partial charge in [0.2, 0.25) is 0 Å². The number of carbonyl (C=O) groups is 1. The number of aromatic nitrogens is 1. The number of benzene rings is 2. The number of anilines is 1. The van der Waals surface area contributed by atoms with Crippen molar-refractivity contribution in [1.82, 2.24) is 4.98 Å². The number of rotatable bonds is 3. The van der Waals surface area contributed by atoms with E-state index < -0.39 is 0 Å². The second kappa shape index (κ2) is 6.20. The summed E-state index contributed by atoms with van der Waals surface area (Å²) in [5.41, 5.74) is 1.69. The summed E-state index contributed by atoms with van der Waals surface area (Å²) in [4.78, 5) is 17.5. The number of hydrogen-bond acceptors (Lipinski definition) is 3. The van der Waals surface area contributed by atoms with Gasteiger partial charge in [-0.3, -0.25) is 10.1 Å². The van der Waals surface area contributed by atoms with E-state index in [1.165, 1.54) is 11.3 Å². The standard InChI is InChI=1S/C16H11BrN2OS/c17-13-9-5-4-8-12(13)15(20)19-16-18-10-14(21-16)11-6-2-1-3-7-11/h1-10H,(H,18,19,20). The summed E-state index contributed by atoms with van der Waals surface area (Å²) in [6.45, 7) is 0. The topological polar surface area (TPSA) is 42.0 Å². The third-order valence-corrected chi connectivity index (χ3v) is 4.56. The van der Waals surface area contributed by atoms with E-state index in [1.54, 1.807) is 12.3 Å². The Labute approximate surface area is 134 Å². The third kappa shape index (κ3) is 3.20. The van der Waals surface area contributed by atoms with Gasteiger partial charge in [-0.15, -0.1) is 0 Å². The summed E-state index contributed by atoms with van der Waals surface area (Å²) in [7, 11) is 0. The lowest BCUT2D eigenvalue weighted by Gasteiger charge is -2.03. The number of carbonyl (C=O) groups excluding carboxylic acids is 1. The lowest BCUT2D eigenvalue weighted by Crippen LogP contribution is -2.12. The van der Waals surface area contributed by atoms with E-state index in [0.29, 0.717) is 10.7 Å². The maximum Gasteiger partial charge on any atom is 0.258 e. The zero-order chi connectivity index (χ0) is 14.7. The molecule has 0 unspecified atom stereocenters. The highest BCUT2D eigenvalue weighted by Crippen LogP contribution is 2.29. The van der Waals surface area contributed by atoms with E-state index in [-0.39, 0.29) is 5.91 Å². The van der Waals surface area contributed by atoms with Gasteiger partial charge in [0.1, 0.15) is 0 Å². The molecular formula is C16H11BrN2OS. The highest BCUT2D eigenvalue weighted by molar-refractivity contribution is 9.10. The van der Waals surface area contributed by atoms with Gasteiger partial charge in [0, 0.05) is 10.7 Å². The molecule has 21 heavy (non-hydrogen) atoms. The van der Waals surface area contributed by atoms with Crippen LogP contribution in [0.5, 0.6) is 0 Å². The Bertz CT molecular complexity index is 771. The highest BCUT2D eigenvalue weighted by atomic mass is 79.9. The monoisotopic (exact) mass is 358 g/mol. The normalized spacial score (nSPS) is 10.3. The zero-order valence-electron chi connectivity index (χ0n) is 10.9. The molecule has 0 spiro atoms. The molecule has 3 aromatic rings. The van der Waals surface area contributed by atoms with Crippen LogP contribution in [0.2, 0.25) is 0 Å². The first-order chi connectivity index (χ1) is 10.2. The van der Waals surface area contributed by atoms with Crippen molar-refractivity contribution in [3.05, 3.63) is 70.8 Å². The Balaban J connectivity index is 1.79. The Morgan fingerprint density at radius 3 is 2.52 bits per heavy atom. The molecule has 1 heterocycles. The number of thiazole rings is 1. The van der Waals surface area contributed by atoms with Crippen molar-refractivity contribution >= 4 is 38.3 Å². The van der Waals surface area contributed by atoms with Gasteiger partial charge in [0.15, 0.2) is 5.13 Å². The number of amides is 1. The van der Waals surface area contributed by atoms with Gasteiger partial charge in [0.25, 0.3) is 5.91 Å². The average Bonchev–Trinajstić information content (AvgIpc) is 2.97. The molecule has 2 aromatic carbocycles. The summed E-state index contributed by atoms with van der Waals surface area (Å²) in [6.07, 6.45) is 1.77. The van der Waals surface area contributed by atoms with Gasteiger partial charge in [-0.2, -0.15) is 0 Å². The Kier molecular flexibility index (Phi) is 4.13. The fourth-order valence-electron chi connectivity index (χ4n) is 1.88. The zero-order valence-corrected chi connectivity index (χ0v) is 13.3. The van der Waals surface area contributed by atoms with Crippen LogP contribution in [0.4, 0.5) is 5.13 Å². The summed E-state index contributed by atoms with van der Waals surface area (Å²) >= 11 is 4.83. The van der Waals surface area contributed by atoms with Crippen molar-refractivity contribution in [3.8, 4) is 10.4 Å². The molecule has 0 aliphatic heterocycles. The Hall–Kier alpha value is -1.98. The van der Waals surface area contributed by atoms with Gasteiger partial charge < -0.3 is 0 Å². The molecule has 0 bridgehead atoms. The number of nitrogens with one attached hydrogen (secondary N) is 1. The van der Waals surface area contributed by atoms with Crippen molar-refractivity contribution in [2.24, 2.45) is 0 Å². The molecule has 3 nitrogen and oxygen atoms in total. The van der Waals surface area contributed by atoms with Gasteiger partial charge in [-0.1, -0.05) is 53.8 Å². The molecule has 1 aromatic heterocycles. The van der Waals surface area contributed by atoms with Gasteiger partial charge in [-0.05, 0) is 33.6 Å². The summed E-state index contributed by atoms with van der Waals surface area (Å²) < 4.78 is 0.766. The molecular weight excluding hydrogens is 348 g/mol. The lowest BCUT2D eigenvalue weighted by molar-refractivity contribution is 0.102. The predicted octanol–water partition coefficient (Wildman–Crippen LogP) is 4.82. The summed E-state index contributed by atoms with van der Waals surface area (Å²) in [6, 6.07) is 17.3. The molecule has 1 amide bonds. The molecule has 3 rings (SSSR count). The predicted molar refractivity (Wildman–Crippen MR) is 89.6 cm³/mol. The molecule has 1 N–H and O–H groups in total. The van der Waals surface area contributed by atoms with Crippen molar-refractivity contribution in [2.75, 3.05) is 5.32 Å². The van der Waals surface area contributed by atoms with Crippen molar-refractivity contribution in [3.63, 3.8) is 0 Å². The average molecular weight is 359 g/mol. The fourth-order valence-corrected chi connectivity index (χ4v) is 3.16. The second-order valence-corrected chi connectivity index (χ2v) is 6.21. The van der Waals surface area contributed by atoms with Crippen LogP contribution in [-0.2, 0) is 0 Å². The number of hydrogen-bond donors (Lipinski definition) is 1. The largest absolute Gasteiger partial charge is 0.298 e. The minimum Gasteiger partial charge on any atom is -0.298 e. The van der Waals surface area contributed by atoms with Gasteiger partial charge in [-0.25, -0.2) is 4.98 Å². The van der Waals surface area contributed by atoms with Crippen LogP contribution < -0.4 is 5.32 Å². The first kappa shape index (κ1) is 14.0. The lowest BCUT2D eigenvalue weighted by atomic mass is 10.2. The fraction of sp³-hybridized carbons (Fsp3) is 0. The SMILES string of the molecule is O=C(Nc1ncc(-c2ccccc2)s1)c1ccccc1Br. The quantitative estimate of drug-likeness (QED) is 0.728. The smallest absolute Gasteiger partial charge is 0.258 e. The Morgan fingerprint density at radius 1 is 1.05 bits per heavy atom.